The van der Waals surface area contributed by atoms with Crippen molar-refractivity contribution >= 4 is 23.1 Å². The van der Waals surface area contributed by atoms with Crippen LogP contribution in [0, 0.1) is 6.92 Å². The van der Waals surface area contributed by atoms with Crippen molar-refractivity contribution < 1.29 is 21.7 Å². The Labute approximate surface area is 107 Å². The molecule has 0 fully saturated rings. The number of benzene rings is 1. The van der Waals surface area contributed by atoms with Crippen LogP contribution in [0.15, 0.2) is 24.3 Å². The molecule has 1 aromatic carbocycles. The van der Waals surface area contributed by atoms with E-state index in [1.807, 2.05) is 18.2 Å². The first-order valence-electron chi connectivity index (χ1n) is 3.79. The van der Waals surface area contributed by atoms with Gasteiger partial charge in [0.15, 0.2) is 0 Å². The number of ether oxygens (including phenoxy) is 1. The molecule has 1 nitrogen and oxygen atoms in total. The molecular formula is C10H13BrMgO. The van der Waals surface area contributed by atoms with Gasteiger partial charge in [0, 0.05) is 0 Å². The van der Waals surface area contributed by atoms with Crippen LogP contribution in [0.1, 0.15) is 12.0 Å². The fourth-order valence-corrected chi connectivity index (χ4v) is 1.10. The van der Waals surface area contributed by atoms with Crippen LogP contribution >= 0.6 is 0 Å². The molecule has 1 aromatic rings. The first-order chi connectivity index (χ1) is 5.38. The Morgan fingerprint density at radius 3 is 2.46 bits per heavy atom. The summed E-state index contributed by atoms with van der Waals surface area (Å²) in [4.78, 5) is 0. The molecule has 0 atom stereocenters. The number of methoxy groups -OCH3 is 1. The van der Waals surface area contributed by atoms with Gasteiger partial charge in [0.25, 0.3) is 0 Å². The summed E-state index contributed by atoms with van der Waals surface area (Å²) in [6.45, 7) is 3.80. The molecule has 0 heterocycles. The summed E-state index contributed by atoms with van der Waals surface area (Å²) in [7, 11) is 1.70. The summed E-state index contributed by atoms with van der Waals surface area (Å²) < 4.78 is 5.17. The smallest absolute Gasteiger partial charge is 1.00 e. The van der Waals surface area contributed by atoms with Crippen LogP contribution in [0.3, 0.4) is 0 Å². The molecule has 0 radical (unpaired) electrons. The van der Waals surface area contributed by atoms with Gasteiger partial charge in [-0.15, -0.1) is 0 Å². The number of aryl methyl sites for hydroxylation is 1. The molecule has 0 saturated carbocycles. The second-order valence-corrected chi connectivity index (χ2v) is 2.42. The Morgan fingerprint density at radius 2 is 1.92 bits per heavy atom. The van der Waals surface area contributed by atoms with Crippen molar-refractivity contribution in [2.24, 2.45) is 0 Å². The number of halogens is 1. The summed E-state index contributed by atoms with van der Waals surface area (Å²) in [5, 5.41) is 0. The molecule has 0 saturated heterocycles. The van der Waals surface area contributed by atoms with Crippen LogP contribution in [0.4, 0.5) is 0 Å². The molecule has 0 spiro atoms. The maximum Gasteiger partial charge on any atom is 2.00 e. The van der Waals surface area contributed by atoms with Gasteiger partial charge in [-0.25, -0.2) is 0 Å². The normalized spacial score (nSPS) is 8.15. The van der Waals surface area contributed by atoms with Crippen LogP contribution in [-0.4, -0.2) is 30.2 Å². The van der Waals surface area contributed by atoms with Crippen molar-refractivity contribution in [2.75, 3.05) is 7.11 Å². The average molecular weight is 253 g/mol. The zero-order chi connectivity index (χ0) is 8.10. The number of hydrogen-bond donors (Lipinski definition) is 0. The van der Waals surface area contributed by atoms with E-state index < -0.39 is 0 Å². The van der Waals surface area contributed by atoms with E-state index in [1.165, 1.54) is 5.56 Å². The van der Waals surface area contributed by atoms with Gasteiger partial charge in [-0.1, -0.05) is 24.6 Å². The minimum atomic E-state index is 0. The van der Waals surface area contributed by atoms with E-state index in [0.29, 0.717) is 0 Å². The summed E-state index contributed by atoms with van der Waals surface area (Å²) in [5.41, 5.74) is 1.24. The van der Waals surface area contributed by atoms with Crippen molar-refractivity contribution in [3.05, 3.63) is 36.8 Å². The third-order valence-electron chi connectivity index (χ3n) is 1.64. The standard InChI is InChI=1S/C10H13O.BrH.Mg/c1-3-6-9-7-4-5-8-10(9)11-2;;/h4-5,7-8H,1,3,6H2,2H3;1H;/q-1;;+2/p-1. The van der Waals surface area contributed by atoms with E-state index in [1.54, 1.807) is 7.11 Å². The Kier molecular flexibility index (Phi) is 10.7. The van der Waals surface area contributed by atoms with E-state index >= 15 is 0 Å². The molecule has 0 N–H and O–H groups in total. The molecule has 0 aliphatic rings. The predicted octanol–water partition coefficient (Wildman–Crippen LogP) is -0.915. The molecule has 13 heavy (non-hydrogen) atoms. The van der Waals surface area contributed by atoms with Gasteiger partial charge < -0.3 is 28.6 Å². The number of rotatable bonds is 3. The van der Waals surface area contributed by atoms with Gasteiger partial charge in [0.05, 0.1) is 7.11 Å². The zero-order valence-electron chi connectivity index (χ0n) is 7.92. The van der Waals surface area contributed by atoms with Gasteiger partial charge in [-0.05, 0) is 11.6 Å². The van der Waals surface area contributed by atoms with E-state index in [9.17, 15) is 0 Å². The molecule has 3 heteroatoms. The molecule has 0 unspecified atom stereocenters. The van der Waals surface area contributed by atoms with Crippen molar-refractivity contribution in [1.82, 2.24) is 0 Å². The first-order valence-corrected chi connectivity index (χ1v) is 3.79. The SMILES string of the molecule is [Br-].[CH2-]CCc1ccccc1OC.[Mg+2]. The quantitative estimate of drug-likeness (QED) is 0.500. The summed E-state index contributed by atoms with van der Waals surface area (Å²) >= 11 is 0. The van der Waals surface area contributed by atoms with Crippen LogP contribution in [0.2, 0.25) is 0 Å². The van der Waals surface area contributed by atoms with E-state index in [0.717, 1.165) is 18.6 Å². The fourth-order valence-electron chi connectivity index (χ4n) is 1.10. The van der Waals surface area contributed by atoms with Crippen LogP contribution in [0.25, 0.3) is 0 Å². The van der Waals surface area contributed by atoms with Crippen molar-refractivity contribution in [3.8, 4) is 5.75 Å². The summed E-state index contributed by atoms with van der Waals surface area (Å²) in [5.74, 6) is 0.969. The molecular weight excluding hydrogens is 240 g/mol. The molecule has 0 bridgehead atoms. The maximum absolute atomic E-state index is 5.17. The molecule has 0 aromatic heterocycles. The fraction of sp³-hybridized carbons (Fsp3) is 0.300. The average Bonchev–Trinajstić information content (AvgIpc) is 2.06. The van der Waals surface area contributed by atoms with Crippen molar-refractivity contribution in [1.29, 1.82) is 0 Å². The Bertz CT molecular complexity index is 228. The molecule has 0 aliphatic carbocycles. The first kappa shape index (κ1) is 15.7. The predicted molar refractivity (Wildman–Crippen MR) is 52.4 cm³/mol. The van der Waals surface area contributed by atoms with Crippen molar-refractivity contribution in [3.63, 3.8) is 0 Å². The molecule has 0 aliphatic heterocycles. The Balaban J connectivity index is 0. The Hall–Kier alpha value is 0.266. The number of para-hydroxylation sites is 1. The minimum absolute atomic E-state index is 0. The maximum atomic E-state index is 5.17. The second-order valence-electron chi connectivity index (χ2n) is 2.42. The minimum Gasteiger partial charge on any atom is -1.00 e. The molecule has 68 valence electrons. The van der Waals surface area contributed by atoms with Crippen molar-refractivity contribution in [2.45, 2.75) is 12.8 Å². The zero-order valence-corrected chi connectivity index (χ0v) is 10.9. The Morgan fingerprint density at radius 1 is 1.31 bits per heavy atom. The monoisotopic (exact) mass is 252 g/mol. The third-order valence-corrected chi connectivity index (χ3v) is 1.64. The van der Waals surface area contributed by atoms with Gasteiger partial charge >= 0.3 is 23.1 Å². The molecule has 0 amide bonds. The van der Waals surface area contributed by atoms with E-state index in [-0.39, 0.29) is 40.0 Å². The second kappa shape index (κ2) is 8.85. The summed E-state index contributed by atoms with van der Waals surface area (Å²) in [6, 6.07) is 8.05. The van der Waals surface area contributed by atoms with Crippen LogP contribution in [0.5, 0.6) is 5.75 Å². The van der Waals surface area contributed by atoms with Crippen LogP contribution in [-0.2, 0) is 6.42 Å². The topological polar surface area (TPSA) is 9.23 Å². The van der Waals surface area contributed by atoms with Gasteiger partial charge in [0.2, 0.25) is 0 Å². The van der Waals surface area contributed by atoms with Gasteiger partial charge in [0.1, 0.15) is 5.75 Å². The van der Waals surface area contributed by atoms with E-state index in [4.69, 9.17) is 4.74 Å². The van der Waals surface area contributed by atoms with E-state index in [2.05, 4.69) is 13.0 Å². The third kappa shape index (κ3) is 4.89. The van der Waals surface area contributed by atoms with Gasteiger partial charge in [-0.2, -0.15) is 6.42 Å². The summed E-state index contributed by atoms with van der Waals surface area (Å²) in [6.07, 6.45) is 1.91. The number of hydrogen-bond acceptors (Lipinski definition) is 1. The van der Waals surface area contributed by atoms with Gasteiger partial charge in [-0.3, -0.25) is 0 Å². The van der Waals surface area contributed by atoms with Crippen LogP contribution < -0.4 is 21.7 Å². The molecule has 1 rings (SSSR count). The largest absolute Gasteiger partial charge is 2.00 e.